The number of ether oxygens (including phenoxy) is 1. The summed E-state index contributed by atoms with van der Waals surface area (Å²) in [7, 11) is 1.47. The molecular weight excluding hydrogens is 187 g/mol. The van der Waals surface area contributed by atoms with Crippen molar-refractivity contribution < 1.29 is 19.3 Å². The fourth-order valence-corrected chi connectivity index (χ4v) is 1.18. The monoisotopic (exact) mass is 200 g/mol. The molecule has 0 aromatic heterocycles. The van der Waals surface area contributed by atoms with Crippen LogP contribution >= 0.6 is 0 Å². The first kappa shape index (κ1) is 10.9. The molecule has 0 saturated carbocycles. The van der Waals surface area contributed by atoms with E-state index in [1.165, 1.54) is 25.3 Å². The number of rotatable bonds is 4. The van der Waals surface area contributed by atoms with Crippen molar-refractivity contribution in [1.82, 2.24) is 0 Å². The van der Waals surface area contributed by atoms with Gasteiger partial charge in [-0.05, 0) is 18.2 Å². The number of halogens is 1. The summed E-state index contributed by atoms with van der Waals surface area (Å²) in [6.45, 7) is -0.183. The summed E-state index contributed by atoms with van der Waals surface area (Å²) < 4.78 is 18.1. The van der Waals surface area contributed by atoms with Gasteiger partial charge in [-0.3, -0.25) is 0 Å². The predicted octanol–water partition coefficient (Wildman–Crippen LogP) is 1.25. The van der Waals surface area contributed by atoms with Gasteiger partial charge in [-0.15, -0.1) is 0 Å². The first-order valence-electron chi connectivity index (χ1n) is 4.31. The number of aliphatic hydroxyl groups is 2. The third-order valence-corrected chi connectivity index (χ3v) is 1.96. The van der Waals surface area contributed by atoms with Crippen LogP contribution in [0.5, 0.6) is 5.75 Å². The van der Waals surface area contributed by atoms with Crippen molar-refractivity contribution in [2.45, 2.75) is 12.5 Å². The smallest absolute Gasteiger partial charge is 0.129 e. The minimum Gasteiger partial charge on any atom is -0.497 e. The summed E-state index contributed by atoms with van der Waals surface area (Å²) in [6, 6.07) is 4.13. The Morgan fingerprint density at radius 3 is 2.79 bits per heavy atom. The van der Waals surface area contributed by atoms with Gasteiger partial charge in [0.1, 0.15) is 11.6 Å². The maximum Gasteiger partial charge on any atom is 0.129 e. The molecule has 0 amide bonds. The summed E-state index contributed by atoms with van der Waals surface area (Å²) in [5.74, 6) is -0.00913. The molecule has 4 heteroatoms. The molecule has 1 aromatic carbocycles. The quantitative estimate of drug-likeness (QED) is 0.769. The Kier molecular flexibility index (Phi) is 3.85. The van der Waals surface area contributed by atoms with E-state index >= 15 is 0 Å². The van der Waals surface area contributed by atoms with Gasteiger partial charge in [0.2, 0.25) is 0 Å². The standard InChI is InChI=1S/C10H13FO3/c1-14-7-2-3-9(11)8(6-7)10(13)4-5-12/h2-3,6,10,12-13H,4-5H2,1H3. The number of hydrogen-bond acceptors (Lipinski definition) is 3. The van der Waals surface area contributed by atoms with Crippen LogP contribution in [0.1, 0.15) is 18.1 Å². The van der Waals surface area contributed by atoms with E-state index in [9.17, 15) is 9.50 Å². The Morgan fingerprint density at radius 2 is 2.21 bits per heavy atom. The van der Waals surface area contributed by atoms with Crippen LogP contribution in [0.3, 0.4) is 0 Å². The lowest BCUT2D eigenvalue weighted by molar-refractivity contribution is 0.130. The zero-order valence-corrected chi connectivity index (χ0v) is 7.90. The summed E-state index contributed by atoms with van der Waals surface area (Å²) in [5.41, 5.74) is 0.151. The predicted molar refractivity (Wildman–Crippen MR) is 49.6 cm³/mol. The molecule has 0 heterocycles. The highest BCUT2D eigenvalue weighted by Crippen LogP contribution is 2.24. The second-order valence-electron chi connectivity index (χ2n) is 2.92. The first-order valence-corrected chi connectivity index (χ1v) is 4.31. The van der Waals surface area contributed by atoms with E-state index in [1.54, 1.807) is 0 Å². The molecule has 1 rings (SSSR count). The zero-order valence-electron chi connectivity index (χ0n) is 7.90. The third-order valence-electron chi connectivity index (χ3n) is 1.96. The van der Waals surface area contributed by atoms with Crippen molar-refractivity contribution in [3.63, 3.8) is 0 Å². The van der Waals surface area contributed by atoms with Crippen molar-refractivity contribution >= 4 is 0 Å². The van der Waals surface area contributed by atoms with Crippen molar-refractivity contribution in [3.05, 3.63) is 29.6 Å². The van der Waals surface area contributed by atoms with Crippen LogP contribution in [-0.4, -0.2) is 23.9 Å². The van der Waals surface area contributed by atoms with E-state index < -0.39 is 11.9 Å². The molecule has 0 aliphatic heterocycles. The Labute approximate surface area is 81.8 Å². The average molecular weight is 200 g/mol. The summed E-state index contributed by atoms with van der Waals surface area (Å²) in [4.78, 5) is 0. The molecule has 1 aromatic rings. The molecule has 3 nitrogen and oxygen atoms in total. The van der Waals surface area contributed by atoms with E-state index in [1.807, 2.05) is 0 Å². The molecule has 0 aliphatic carbocycles. The van der Waals surface area contributed by atoms with Gasteiger partial charge < -0.3 is 14.9 Å². The van der Waals surface area contributed by atoms with Crippen molar-refractivity contribution in [2.75, 3.05) is 13.7 Å². The van der Waals surface area contributed by atoms with Crippen molar-refractivity contribution in [3.8, 4) is 5.75 Å². The molecule has 0 spiro atoms. The summed E-state index contributed by atoms with van der Waals surface area (Å²) >= 11 is 0. The van der Waals surface area contributed by atoms with Crippen molar-refractivity contribution in [2.24, 2.45) is 0 Å². The third kappa shape index (κ3) is 2.43. The normalized spacial score (nSPS) is 12.6. The lowest BCUT2D eigenvalue weighted by Crippen LogP contribution is -2.03. The van der Waals surface area contributed by atoms with Crippen LogP contribution in [0.25, 0.3) is 0 Å². The molecule has 0 bridgehead atoms. The number of hydrogen-bond donors (Lipinski definition) is 2. The van der Waals surface area contributed by atoms with Crippen LogP contribution in [0.2, 0.25) is 0 Å². The Morgan fingerprint density at radius 1 is 1.50 bits per heavy atom. The van der Waals surface area contributed by atoms with E-state index in [-0.39, 0.29) is 18.6 Å². The molecule has 0 fully saturated rings. The number of methoxy groups -OCH3 is 1. The summed E-state index contributed by atoms with van der Waals surface area (Å²) in [5, 5.41) is 18.1. The lowest BCUT2D eigenvalue weighted by atomic mass is 10.1. The average Bonchev–Trinajstić information content (AvgIpc) is 2.19. The molecule has 2 N–H and O–H groups in total. The number of benzene rings is 1. The molecule has 1 atom stereocenters. The Hall–Kier alpha value is -1.13. The van der Waals surface area contributed by atoms with Gasteiger partial charge in [0.15, 0.2) is 0 Å². The second kappa shape index (κ2) is 4.93. The SMILES string of the molecule is COc1ccc(F)c(C(O)CCO)c1. The van der Waals surface area contributed by atoms with Gasteiger partial charge in [-0.1, -0.05) is 0 Å². The highest BCUT2D eigenvalue weighted by molar-refractivity contribution is 5.31. The molecular formula is C10H13FO3. The molecule has 0 saturated heterocycles. The van der Waals surface area contributed by atoms with Gasteiger partial charge in [-0.2, -0.15) is 0 Å². The fraction of sp³-hybridized carbons (Fsp3) is 0.400. The van der Waals surface area contributed by atoms with E-state index in [2.05, 4.69) is 0 Å². The second-order valence-corrected chi connectivity index (χ2v) is 2.92. The minimum absolute atomic E-state index is 0.115. The fourth-order valence-electron chi connectivity index (χ4n) is 1.18. The molecule has 1 unspecified atom stereocenters. The Bertz CT molecular complexity index is 301. The van der Waals surface area contributed by atoms with Gasteiger partial charge >= 0.3 is 0 Å². The van der Waals surface area contributed by atoms with Crippen molar-refractivity contribution in [1.29, 1.82) is 0 Å². The van der Waals surface area contributed by atoms with Crippen LogP contribution in [0.4, 0.5) is 4.39 Å². The molecule has 0 aliphatic rings. The van der Waals surface area contributed by atoms with Gasteiger partial charge in [-0.25, -0.2) is 4.39 Å². The van der Waals surface area contributed by atoms with Gasteiger partial charge in [0.05, 0.1) is 13.2 Å². The largest absolute Gasteiger partial charge is 0.497 e. The van der Waals surface area contributed by atoms with Gasteiger partial charge in [0, 0.05) is 18.6 Å². The summed E-state index contributed by atoms with van der Waals surface area (Å²) in [6.07, 6.45) is -0.875. The Balaban J connectivity index is 2.93. The van der Waals surface area contributed by atoms with E-state index in [0.717, 1.165) is 0 Å². The van der Waals surface area contributed by atoms with E-state index in [0.29, 0.717) is 5.75 Å². The molecule has 78 valence electrons. The minimum atomic E-state index is -0.991. The van der Waals surface area contributed by atoms with Gasteiger partial charge in [0.25, 0.3) is 0 Å². The molecule has 0 radical (unpaired) electrons. The topological polar surface area (TPSA) is 49.7 Å². The van der Waals surface area contributed by atoms with Crippen LogP contribution in [0.15, 0.2) is 18.2 Å². The maximum absolute atomic E-state index is 13.2. The van der Waals surface area contributed by atoms with Crippen LogP contribution < -0.4 is 4.74 Å². The van der Waals surface area contributed by atoms with E-state index in [4.69, 9.17) is 9.84 Å². The highest BCUT2D eigenvalue weighted by Gasteiger charge is 2.12. The van der Waals surface area contributed by atoms with Crippen LogP contribution in [0, 0.1) is 5.82 Å². The zero-order chi connectivity index (χ0) is 10.6. The lowest BCUT2D eigenvalue weighted by Gasteiger charge is -2.11. The highest BCUT2D eigenvalue weighted by atomic mass is 19.1. The number of aliphatic hydroxyl groups excluding tert-OH is 2. The van der Waals surface area contributed by atoms with Crippen LogP contribution in [-0.2, 0) is 0 Å². The molecule has 14 heavy (non-hydrogen) atoms. The maximum atomic E-state index is 13.2. The first-order chi connectivity index (χ1) is 6.69.